The van der Waals surface area contributed by atoms with E-state index in [2.05, 4.69) is 9.80 Å². The van der Waals surface area contributed by atoms with Crippen LogP contribution in [0.1, 0.15) is 83.5 Å². The van der Waals surface area contributed by atoms with Gasteiger partial charge >= 0.3 is 11.9 Å². The highest BCUT2D eigenvalue weighted by Crippen LogP contribution is 2.27. The zero-order valence-corrected chi connectivity index (χ0v) is 19.7. The molecule has 6 nitrogen and oxygen atoms in total. The molecule has 0 heterocycles. The SMILES string of the molecule is O=C(O)CN(CC(CCCCSF)CN(CC(=O)O)C1CCCCC1)C1CCCCC1. The van der Waals surface area contributed by atoms with Crippen molar-refractivity contribution in [2.45, 2.75) is 95.6 Å². The molecular weight excluding hydrogens is 419 g/mol. The first-order valence-electron chi connectivity index (χ1n) is 12.1. The third-order valence-electron chi connectivity index (χ3n) is 6.93. The van der Waals surface area contributed by atoms with Crippen LogP contribution >= 0.6 is 12.1 Å². The Kier molecular flexibility index (Phi) is 12.8. The summed E-state index contributed by atoms with van der Waals surface area (Å²) in [7, 11) is 0. The third kappa shape index (κ3) is 10.5. The highest BCUT2D eigenvalue weighted by Gasteiger charge is 2.29. The fourth-order valence-electron chi connectivity index (χ4n) is 5.42. The molecule has 0 radical (unpaired) electrons. The van der Waals surface area contributed by atoms with Gasteiger partial charge in [-0.25, -0.2) is 0 Å². The Hall–Kier alpha value is -0.860. The minimum Gasteiger partial charge on any atom is -0.480 e. The largest absolute Gasteiger partial charge is 0.480 e. The zero-order chi connectivity index (χ0) is 22.5. The molecule has 0 unspecified atom stereocenters. The van der Waals surface area contributed by atoms with Gasteiger partial charge in [-0.1, -0.05) is 44.9 Å². The first-order chi connectivity index (χ1) is 15.0. The third-order valence-corrected chi connectivity index (χ3v) is 7.37. The minimum absolute atomic E-state index is 0.0455. The first-order valence-corrected chi connectivity index (χ1v) is 13.0. The maximum Gasteiger partial charge on any atom is 0.317 e. The van der Waals surface area contributed by atoms with Gasteiger partial charge in [0.15, 0.2) is 0 Å². The molecule has 0 amide bonds. The predicted molar refractivity (Wildman–Crippen MR) is 123 cm³/mol. The second-order valence-electron chi connectivity index (χ2n) is 9.41. The van der Waals surface area contributed by atoms with E-state index in [4.69, 9.17) is 0 Å². The fourth-order valence-corrected chi connectivity index (χ4v) is 5.73. The molecule has 2 fully saturated rings. The average molecular weight is 461 g/mol. The molecule has 0 spiro atoms. The number of unbranched alkanes of at least 4 members (excludes halogenated alkanes) is 1. The van der Waals surface area contributed by atoms with Crippen LogP contribution in [0.25, 0.3) is 0 Å². The lowest BCUT2D eigenvalue weighted by molar-refractivity contribution is -0.139. The number of hydrogen-bond acceptors (Lipinski definition) is 5. The summed E-state index contributed by atoms with van der Waals surface area (Å²) in [4.78, 5) is 27.4. The van der Waals surface area contributed by atoms with Crippen molar-refractivity contribution in [3.8, 4) is 0 Å². The summed E-state index contributed by atoms with van der Waals surface area (Å²) in [5.74, 6) is -0.914. The molecule has 0 aromatic carbocycles. The van der Waals surface area contributed by atoms with Gasteiger partial charge in [0.2, 0.25) is 0 Å². The van der Waals surface area contributed by atoms with Gasteiger partial charge in [0, 0.05) is 43.1 Å². The Balaban J connectivity index is 2.08. The number of aliphatic carboxylic acids is 2. The molecule has 180 valence electrons. The van der Waals surface area contributed by atoms with E-state index >= 15 is 0 Å². The summed E-state index contributed by atoms with van der Waals surface area (Å²) in [6.45, 7) is 1.46. The van der Waals surface area contributed by atoms with Crippen molar-refractivity contribution in [3.63, 3.8) is 0 Å². The summed E-state index contributed by atoms with van der Waals surface area (Å²) in [5, 5.41) is 19.0. The summed E-state index contributed by atoms with van der Waals surface area (Å²) in [6.07, 6.45) is 13.7. The van der Waals surface area contributed by atoms with Crippen molar-refractivity contribution in [3.05, 3.63) is 0 Å². The molecule has 0 aromatic rings. The van der Waals surface area contributed by atoms with Gasteiger partial charge in [0.05, 0.1) is 13.1 Å². The van der Waals surface area contributed by atoms with E-state index in [1.54, 1.807) is 0 Å². The normalized spacial score (nSPS) is 18.8. The number of nitrogens with zero attached hydrogens (tertiary/aromatic N) is 2. The monoisotopic (exact) mass is 460 g/mol. The molecule has 2 saturated carbocycles. The van der Waals surface area contributed by atoms with Gasteiger partial charge < -0.3 is 10.2 Å². The lowest BCUT2D eigenvalue weighted by Crippen LogP contribution is -2.48. The molecule has 2 aliphatic carbocycles. The van der Waals surface area contributed by atoms with Crippen LogP contribution in [0.2, 0.25) is 0 Å². The van der Waals surface area contributed by atoms with Crippen LogP contribution in [-0.2, 0) is 9.59 Å². The van der Waals surface area contributed by atoms with Gasteiger partial charge in [-0.05, 0) is 44.4 Å². The van der Waals surface area contributed by atoms with Crippen molar-refractivity contribution in [2.24, 2.45) is 5.92 Å². The summed E-state index contributed by atoms with van der Waals surface area (Å²) >= 11 is 0.367. The molecular formula is C23H41FN2O4S. The summed E-state index contributed by atoms with van der Waals surface area (Å²) < 4.78 is 12.5. The van der Waals surface area contributed by atoms with Crippen LogP contribution in [0.15, 0.2) is 0 Å². The van der Waals surface area contributed by atoms with E-state index in [9.17, 15) is 23.7 Å². The predicted octanol–water partition coefficient (Wildman–Crippen LogP) is 4.83. The van der Waals surface area contributed by atoms with Crippen LogP contribution in [0.3, 0.4) is 0 Å². The minimum atomic E-state index is -0.798. The molecule has 2 N–H and O–H groups in total. The van der Waals surface area contributed by atoms with Crippen molar-refractivity contribution in [2.75, 3.05) is 31.9 Å². The summed E-state index contributed by atoms with van der Waals surface area (Å²) in [5.41, 5.74) is 0. The zero-order valence-electron chi connectivity index (χ0n) is 18.9. The van der Waals surface area contributed by atoms with E-state index in [1.807, 2.05) is 0 Å². The van der Waals surface area contributed by atoms with E-state index in [-0.39, 0.29) is 19.0 Å². The highest BCUT2D eigenvalue weighted by atomic mass is 32.2. The fraction of sp³-hybridized carbons (Fsp3) is 0.913. The van der Waals surface area contributed by atoms with Gasteiger partial charge in [0.1, 0.15) is 0 Å². The maximum absolute atomic E-state index is 12.5. The molecule has 0 saturated heterocycles. The van der Waals surface area contributed by atoms with Gasteiger partial charge in [-0.3, -0.25) is 19.4 Å². The Morgan fingerprint density at radius 2 is 1.26 bits per heavy atom. The van der Waals surface area contributed by atoms with E-state index in [0.717, 1.165) is 70.6 Å². The molecule has 0 bridgehead atoms. The van der Waals surface area contributed by atoms with Crippen molar-refractivity contribution < 1.29 is 23.7 Å². The van der Waals surface area contributed by atoms with Crippen LogP contribution in [-0.4, -0.2) is 76.0 Å². The number of rotatable bonds is 15. The molecule has 0 aliphatic heterocycles. The van der Waals surface area contributed by atoms with Gasteiger partial charge in [0.25, 0.3) is 0 Å². The molecule has 8 heteroatoms. The Labute approximate surface area is 191 Å². The Morgan fingerprint density at radius 1 is 0.806 bits per heavy atom. The number of carboxylic acid groups (broad SMARTS) is 2. The maximum atomic E-state index is 12.5. The standard InChI is InChI=1S/C23H41FN2O4S/c24-31-14-8-7-9-19(15-25(17-22(27)28)20-10-3-1-4-11-20)16-26(18-23(29)30)21-12-5-2-6-13-21/h19-21H,1-18H2,(H,27,28)(H,29,30). The van der Waals surface area contributed by atoms with Crippen molar-refractivity contribution >= 4 is 24.1 Å². The summed E-state index contributed by atoms with van der Waals surface area (Å²) in [6, 6.07) is 0.604. The molecule has 0 aromatic heterocycles. The lowest BCUT2D eigenvalue weighted by atomic mass is 9.91. The van der Waals surface area contributed by atoms with Crippen LogP contribution in [0.5, 0.6) is 0 Å². The number of carboxylic acids is 2. The van der Waals surface area contributed by atoms with Gasteiger partial charge in [-0.2, -0.15) is 3.89 Å². The Morgan fingerprint density at radius 3 is 1.65 bits per heavy atom. The molecule has 31 heavy (non-hydrogen) atoms. The highest BCUT2D eigenvalue weighted by molar-refractivity contribution is 7.94. The van der Waals surface area contributed by atoms with E-state index in [0.29, 0.717) is 43.1 Å². The molecule has 0 atom stereocenters. The smallest absolute Gasteiger partial charge is 0.317 e. The van der Waals surface area contributed by atoms with E-state index < -0.39 is 11.9 Å². The topological polar surface area (TPSA) is 81.1 Å². The average Bonchev–Trinajstić information content (AvgIpc) is 2.76. The van der Waals surface area contributed by atoms with Crippen molar-refractivity contribution in [1.82, 2.24) is 9.80 Å². The quantitative estimate of drug-likeness (QED) is 0.339. The van der Waals surface area contributed by atoms with Crippen molar-refractivity contribution in [1.29, 1.82) is 0 Å². The number of hydrogen-bond donors (Lipinski definition) is 2. The molecule has 2 aliphatic rings. The van der Waals surface area contributed by atoms with E-state index in [1.165, 1.54) is 12.8 Å². The van der Waals surface area contributed by atoms with Crippen LogP contribution in [0.4, 0.5) is 3.89 Å². The number of carbonyl (C=O) groups is 2. The molecule has 2 rings (SSSR count). The lowest BCUT2D eigenvalue weighted by Gasteiger charge is -2.39. The van der Waals surface area contributed by atoms with Crippen LogP contribution < -0.4 is 0 Å². The Bertz CT molecular complexity index is 488. The number of halogens is 1. The van der Waals surface area contributed by atoms with Crippen LogP contribution in [0, 0.1) is 5.92 Å². The second-order valence-corrected chi connectivity index (χ2v) is 10.0. The van der Waals surface area contributed by atoms with Gasteiger partial charge in [-0.15, -0.1) is 0 Å². The second kappa shape index (κ2) is 15.1. The first kappa shape index (κ1) is 26.4.